The highest BCUT2D eigenvalue weighted by molar-refractivity contribution is 9.10. The molecule has 1 aromatic rings. The molecule has 9 heteroatoms. The van der Waals surface area contributed by atoms with Crippen LogP contribution in [-0.2, 0) is 10.0 Å². The molecule has 2 unspecified atom stereocenters. The van der Waals surface area contributed by atoms with E-state index in [0.717, 1.165) is 25.2 Å². The van der Waals surface area contributed by atoms with Gasteiger partial charge in [0.25, 0.3) is 0 Å². The molecule has 21 heavy (non-hydrogen) atoms. The van der Waals surface area contributed by atoms with Gasteiger partial charge in [-0.15, -0.1) is 12.4 Å². The van der Waals surface area contributed by atoms with E-state index >= 15 is 0 Å². The number of hydrogen-bond acceptors (Lipinski definition) is 3. The van der Waals surface area contributed by atoms with Gasteiger partial charge in [-0.2, -0.15) is 0 Å². The van der Waals surface area contributed by atoms with Gasteiger partial charge in [0, 0.05) is 10.5 Å². The molecule has 1 aromatic carbocycles. The SMILES string of the molecule is CC1CNCCC1NS(=O)(=O)c1c(Cl)cc(F)cc1Br.Cl. The van der Waals surface area contributed by atoms with Gasteiger partial charge < -0.3 is 5.32 Å². The zero-order valence-corrected chi connectivity index (χ0v) is 15.2. The summed E-state index contributed by atoms with van der Waals surface area (Å²) in [5.41, 5.74) is 0. The zero-order valence-electron chi connectivity index (χ0n) is 11.2. The summed E-state index contributed by atoms with van der Waals surface area (Å²) >= 11 is 8.93. The van der Waals surface area contributed by atoms with Gasteiger partial charge in [-0.25, -0.2) is 17.5 Å². The van der Waals surface area contributed by atoms with Crippen LogP contribution in [0, 0.1) is 11.7 Å². The number of halogens is 4. The Morgan fingerprint density at radius 1 is 1.48 bits per heavy atom. The highest BCUT2D eigenvalue weighted by atomic mass is 79.9. The molecule has 0 aliphatic carbocycles. The lowest BCUT2D eigenvalue weighted by Gasteiger charge is -2.30. The van der Waals surface area contributed by atoms with Crippen molar-refractivity contribution in [3.8, 4) is 0 Å². The van der Waals surface area contributed by atoms with Crippen molar-refractivity contribution in [2.45, 2.75) is 24.3 Å². The van der Waals surface area contributed by atoms with Crippen LogP contribution in [0.15, 0.2) is 21.5 Å². The molecule has 1 aliphatic heterocycles. The fourth-order valence-electron chi connectivity index (χ4n) is 2.23. The van der Waals surface area contributed by atoms with Gasteiger partial charge in [-0.1, -0.05) is 18.5 Å². The number of rotatable bonds is 3. The average molecular weight is 422 g/mol. The zero-order chi connectivity index (χ0) is 14.9. The topological polar surface area (TPSA) is 58.2 Å². The maximum atomic E-state index is 13.2. The Hall–Kier alpha value is 0.0800. The van der Waals surface area contributed by atoms with Crippen LogP contribution in [0.25, 0.3) is 0 Å². The first kappa shape index (κ1) is 19.1. The van der Waals surface area contributed by atoms with Gasteiger partial charge in [-0.05, 0) is 53.5 Å². The minimum Gasteiger partial charge on any atom is -0.316 e. The first-order valence-electron chi connectivity index (χ1n) is 6.19. The fourth-order valence-corrected chi connectivity index (χ4v) is 5.43. The van der Waals surface area contributed by atoms with Gasteiger partial charge >= 0.3 is 0 Å². The van der Waals surface area contributed by atoms with E-state index < -0.39 is 15.8 Å². The molecule has 0 spiro atoms. The predicted octanol–water partition coefficient (Wildman–Crippen LogP) is 2.94. The number of nitrogens with one attached hydrogen (secondary N) is 2. The molecule has 0 bridgehead atoms. The molecule has 2 rings (SSSR count). The van der Waals surface area contributed by atoms with E-state index in [2.05, 4.69) is 26.0 Å². The molecule has 2 N–H and O–H groups in total. The molecule has 4 nitrogen and oxygen atoms in total. The number of benzene rings is 1. The van der Waals surface area contributed by atoms with Crippen LogP contribution >= 0.6 is 39.9 Å². The maximum absolute atomic E-state index is 13.2. The van der Waals surface area contributed by atoms with Crippen LogP contribution in [0.2, 0.25) is 5.02 Å². The molecule has 1 aliphatic rings. The summed E-state index contributed by atoms with van der Waals surface area (Å²) in [4.78, 5) is -0.119. The Bertz CT molecular complexity index is 592. The molecule has 2 atom stereocenters. The standard InChI is InChI=1S/C12H15BrClFN2O2S.ClH/c1-7-6-16-3-2-11(7)17-20(18,19)12-9(13)4-8(15)5-10(12)14;/h4-5,7,11,16-17H,2-3,6H2,1H3;1H. The molecule has 0 amide bonds. The summed E-state index contributed by atoms with van der Waals surface area (Å²) < 4.78 is 40.8. The first-order valence-corrected chi connectivity index (χ1v) is 8.84. The second-order valence-electron chi connectivity index (χ2n) is 4.90. The van der Waals surface area contributed by atoms with Crippen LogP contribution in [0.5, 0.6) is 0 Å². The highest BCUT2D eigenvalue weighted by Crippen LogP contribution is 2.31. The Kier molecular flexibility index (Phi) is 6.89. The lowest BCUT2D eigenvalue weighted by molar-refractivity contribution is 0.328. The lowest BCUT2D eigenvalue weighted by Crippen LogP contribution is -2.48. The summed E-state index contributed by atoms with van der Waals surface area (Å²) in [6, 6.07) is 1.92. The smallest absolute Gasteiger partial charge is 0.243 e. The second kappa shape index (κ2) is 7.57. The van der Waals surface area contributed by atoms with Crippen LogP contribution < -0.4 is 10.0 Å². The molecular weight excluding hydrogens is 406 g/mol. The Morgan fingerprint density at radius 2 is 2.14 bits per heavy atom. The maximum Gasteiger partial charge on any atom is 0.243 e. The van der Waals surface area contributed by atoms with Crippen molar-refractivity contribution in [1.29, 1.82) is 0 Å². The largest absolute Gasteiger partial charge is 0.316 e. The van der Waals surface area contributed by atoms with Gasteiger partial charge in [0.2, 0.25) is 10.0 Å². The molecule has 0 aromatic heterocycles. The van der Waals surface area contributed by atoms with Crippen LogP contribution in [0.1, 0.15) is 13.3 Å². The highest BCUT2D eigenvalue weighted by Gasteiger charge is 2.29. The summed E-state index contributed by atoms with van der Waals surface area (Å²) in [7, 11) is -3.79. The third-order valence-corrected chi connectivity index (χ3v) is 6.21. The van der Waals surface area contributed by atoms with E-state index in [1.807, 2.05) is 6.92 Å². The van der Waals surface area contributed by atoms with Gasteiger partial charge in [-0.3, -0.25) is 0 Å². The van der Waals surface area contributed by atoms with Crippen LogP contribution in [0.4, 0.5) is 4.39 Å². The monoisotopic (exact) mass is 420 g/mol. The van der Waals surface area contributed by atoms with Crippen LogP contribution in [0.3, 0.4) is 0 Å². The van der Waals surface area contributed by atoms with E-state index in [1.54, 1.807) is 0 Å². The van der Waals surface area contributed by atoms with E-state index in [-0.39, 0.29) is 38.8 Å². The van der Waals surface area contributed by atoms with Gasteiger partial charge in [0.1, 0.15) is 10.7 Å². The predicted molar refractivity (Wildman–Crippen MR) is 87.1 cm³/mol. The Balaban J connectivity index is 0.00000220. The number of piperidine rings is 1. The van der Waals surface area contributed by atoms with Crippen molar-refractivity contribution in [1.82, 2.24) is 10.0 Å². The van der Waals surface area contributed by atoms with E-state index in [4.69, 9.17) is 11.6 Å². The average Bonchev–Trinajstić information content (AvgIpc) is 2.30. The quantitative estimate of drug-likeness (QED) is 0.788. The third kappa shape index (κ3) is 4.53. The number of sulfonamides is 1. The Labute approximate surface area is 143 Å². The number of hydrogen-bond donors (Lipinski definition) is 2. The lowest BCUT2D eigenvalue weighted by atomic mass is 9.97. The second-order valence-corrected chi connectivity index (χ2v) is 7.81. The summed E-state index contributed by atoms with van der Waals surface area (Å²) in [5, 5.41) is 3.07. The molecular formula is C12H16BrCl2FN2O2S. The van der Waals surface area contributed by atoms with E-state index in [0.29, 0.717) is 6.42 Å². The summed E-state index contributed by atoms with van der Waals surface area (Å²) in [6.07, 6.45) is 0.705. The van der Waals surface area contributed by atoms with Crippen molar-refractivity contribution in [2.75, 3.05) is 13.1 Å². The van der Waals surface area contributed by atoms with Gasteiger partial charge in [0.05, 0.1) is 5.02 Å². The Morgan fingerprint density at radius 3 is 2.71 bits per heavy atom. The molecule has 1 heterocycles. The van der Waals surface area contributed by atoms with E-state index in [1.165, 1.54) is 0 Å². The molecule has 1 saturated heterocycles. The summed E-state index contributed by atoms with van der Waals surface area (Å²) in [5.74, 6) is -0.410. The third-order valence-electron chi connectivity index (χ3n) is 3.32. The molecule has 120 valence electrons. The van der Waals surface area contributed by atoms with Crippen molar-refractivity contribution in [3.63, 3.8) is 0 Å². The van der Waals surface area contributed by atoms with E-state index in [9.17, 15) is 12.8 Å². The minimum atomic E-state index is -3.79. The normalized spacial score (nSPS) is 22.7. The molecule has 0 radical (unpaired) electrons. The van der Waals surface area contributed by atoms with Gasteiger partial charge in [0.15, 0.2) is 0 Å². The van der Waals surface area contributed by atoms with Crippen molar-refractivity contribution in [3.05, 3.63) is 27.4 Å². The molecule has 0 saturated carbocycles. The van der Waals surface area contributed by atoms with Crippen molar-refractivity contribution < 1.29 is 12.8 Å². The van der Waals surface area contributed by atoms with Crippen LogP contribution in [-0.4, -0.2) is 27.5 Å². The van der Waals surface area contributed by atoms with Crippen molar-refractivity contribution in [2.24, 2.45) is 5.92 Å². The fraction of sp³-hybridized carbons (Fsp3) is 0.500. The summed E-state index contributed by atoms with van der Waals surface area (Å²) in [6.45, 7) is 3.49. The molecule has 1 fully saturated rings. The first-order chi connectivity index (χ1) is 9.31. The minimum absolute atomic E-state index is 0. The van der Waals surface area contributed by atoms with Crippen molar-refractivity contribution >= 4 is 50.0 Å².